The summed E-state index contributed by atoms with van der Waals surface area (Å²) >= 11 is 0. The van der Waals surface area contributed by atoms with Gasteiger partial charge in [-0.2, -0.15) is 0 Å². The Morgan fingerprint density at radius 3 is 2.35 bits per heavy atom. The lowest BCUT2D eigenvalue weighted by Gasteiger charge is -2.39. The number of unbranched alkanes of at least 4 members (excludes halogenated alkanes) is 5. The summed E-state index contributed by atoms with van der Waals surface area (Å²) in [4.78, 5) is 14.6. The molecule has 0 radical (unpaired) electrons. The second kappa shape index (κ2) is 9.35. The number of hydrogen-bond donors (Lipinski definition) is 2. The molecule has 0 unspecified atom stereocenters. The van der Waals surface area contributed by atoms with Crippen LogP contribution in [0, 0.1) is 0 Å². The molecular formula is C16H33N3O. The summed E-state index contributed by atoms with van der Waals surface area (Å²) in [6, 6.07) is 0. The molecule has 0 aromatic rings. The molecule has 0 saturated carbocycles. The molecule has 118 valence electrons. The summed E-state index contributed by atoms with van der Waals surface area (Å²) in [6.07, 6.45) is 7.58. The van der Waals surface area contributed by atoms with Crippen LogP contribution in [-0.2, 0) is 4.79 Å². The lowest BCUT2D eigenvalue weighted by atomic mass is 10.0. The molecule has 1 aliphatic rings. The number of amides is 1. The fourth-order valence-electron chi connectivity index (χ4n) is 2.69. The minimum absolute atomic E-state index is 0.174. The Labute approximate surface area is 124 Å². The minimum atomic E-state index is -0.385. The minimum Gasteiger partial charge on any atom is -0.355 e. The zero-order chi connectivity index (χ0) is 14.8. The van der Waals surface area contributed by atoms with Crippen molar-refractivity contribution >= 4 is 5.91 Å². The van der Waals surface area contributed by atoms with Crippen molar-refractivity contribution < 1.29 is 4.79 Å². The van der Waals surface area contributed by atoms with E-state index < -0.39 is 0 Å². The van der Waals surface area contributed by atoms with Gasteiger partial charge < -0.3 is 10.6 Å². The molecule has 0 aromatic heterocycles. The van der Waals surface area contributed by atoms with E-state index in [1.807, 2.05) is 13.8 Å². The summed E-state index contributed by atoms with van der Waals surface area (Å²) in [6.45, 7) is 11.0. The second-order valence-electron chi connectivity index (χ2n) is 6.32. The molecule has 1 amide bonds. The van der Waals surface area contributed by atoms with Crippen LogP contribution in [0.15, 0.2) is 0 Å². The van der Waals surface area contributed by atoms with Gasteiger partial charge >= 0.3 is 0 Å². The van der Waals surface area contributed by atoms with E-state index in [-0.39, 0.29) is 11.4 Å². The Bertz CT molecular complexity index is 273. The van der Waals surface area contributed by atoms with Gasteiger partial charge in [0.05, 0.1) is 5.54 Å². The molecule has 1 saturated heterocycles. The normalized spacial score (nSPS) is 17.1. The van der Waals surface area contributed by atoms with E-state index >= 15 is 0 Å². The van der Waals surface area contributed by atoms with Gasteiger partial charge in [0.1, 0.15) is 0 Å². The van der Waals surface area contributed by atoms with Crippen molar-refractivity contribution in [1.29, 1.82) is 0 Å². The Morgan fingerprint density at radius 2 is 1.70 bits per heavy atom. The van der Waals surface area contributed by atoms with Crippen molar-refractivity contribution in [3.63, 3.8) is 0 Å². The third-order valence-corrected chi connectivity index (χ3v) is 4.28. The Balaban J connectivity index is 2.17. The van der Waals surface area contributed by atoms with Crippen molar-refractivity contribution in [3.8, 4) is 0 Å². The molecule has 0 bridgehead atoms. The Morgan fingerprint density at radius 1 is 1.10 bits per heavy atom. The van der Waals surface area contributed by atoms with Crippen molar-refractivity contribution in [2.45, 2.75) is 64.8 Å². The first kappa shape index (κ1) is 17.4. The van der Waals surface area contributed by atoms with Gasteiger partial charge in [-0.1, -0.05) is 39.0 Å². The monoisotopic (exact) mass is 283 g/mol. The first-order chi connectivity index (χ1) is 9.59. The molecule has 0 spiro atoms. The van der Waals surface area contributed by atoms with Gasteiger partial charge in [0, 0.05) is 32.7 Å². The maximum absolute atomic E-state index is 12.3. The number of nitrogens with zero attached hydrogens (tertiary/aromatic N) is 1. The Kier molecular flexibility index (Phi) is 8.15. The number of hydrogen-bond acceptors (Lipinski definition) is 3. The van der Waals surface area contributed by atoms with Gasteiger partial charge in [-0.15, -0.1) is 0 Å². The van der Waals surface area contributed by atoms with Crippen LogP contribution in [0.5, 0.6) is 0 Å². The molecule has 0 atom stereocenters. The van der Waals surface area contributed by atoms with E-state index in [1.165, 1.54) is 32.1 Å². The first-order valence-electron chi connectivity index (χ1n) is 8.33. The summed E-state index contributed by atoms with van der Waals surface area (Å²) in [5, 5.41) is 6.44. The van der Waals surface area contributed by atoms with Crippen LogP contribution >= 0.6 is 0 Å². The van der Waals surface area contributed by atoms with Crippen LogP contribution in [-0.4, -0.2) is 49.1 Å². The van der Waals surface area contributed by atoms with E-state index in [1.54, 1.807) is 0 Å². The molecule has 0 aliphatic carbocycles. The quantitative estimate of drug-likeness (QED) is 0.637. The number of nitrogens with one attached hydrogen (secondary N) is 2. The average molecular weight is 283 g/mol. The van der Waals surface area contributed by atoms with Gasteiger partial charge in [0.15, 0.2) is 0 Å². The highest BCUT2D eigenvalue weighted by Crippen LogP contribution is 2.15. The third kappa shape index (κ3) is 5.80. The zero-order valence-corrected chi connectivity index (χ0v) is 13.6. The smallest absolute Gasteiger partial charge is 0.239 e. The van der Waals surface area contributed by atoms with Crippen LogP contribution in [0.2, 0.25) is 0 Å². The molecule has 1 heterocycles. The standard InChI is InChI=1S/C16H33N3O/c1-4-5-6-7-8-9-10-18-15(20)16(2,3)19-13-11-17-12-14-19/h17H,4-14H2,1-3H3,(H,18,20). The van der Waals surface area contributed by atoms with E-state index in [2.05, 4.69) is 22.5 Å². The molecule has 20 heavy (non-hydrogen) atoms. The van der Waals surface area contributed by atoms with E-state index in [0.717, 1.165) is 39.1 Å². The lowest BCUT2D eigenvalue weighted by Crippen LogP contribution is -2.60. The molecule has 1 fully saturated rings. The molecule has 4 heteroatoms. The van der Waals surface area contributed by atoms with Crippen LogP contribution in [0.4, 0.5) is 0 Å². The molecule has 2 N–H and O–H groups in total. The van der Waals surface area contributed by atoms with Crippen LogP contribution in [0.25, 0.3) is 0 Å². The van der Waals surface area contributed by atoms with Gasteiger partial charge in [-0.05, 0) is 20.3 Å². The van der Waals surface area contributed by atoms with Crippen LogP contribution in [0.1, 0.15) is 59.3 Å². The first-order valence-corrected chi connectivity index (χ1v) is 8.33. The highest BCUT2D eigenvalue weighted by atomic mass is 16.2. The van der Waals surface area contributed by atoms with Crippen molar-refractivity contribution in [2.24, 2.45) is 0 Å². The van der Waals surface area contributed by atoms with Gasteiger partial charge in [-0.3, -0.25) is 9.69 Å². The van der Waals surface area contributed by atoms with Gasteiger partial charge in [-0.25, -0.2) is 0 Å². The number of rotatable bonds is 9. The maximum atomic E-state index is 12.3. The van der Waals surface area contributed by atoms with Crippen LogP contribution in [0.3, 0.4) is 0 Å². The summed E-state index contributed by atoms with van der Waals surface area (Å²) in [7, 11) is 0. The molecule has 1 rings (SSSR count). The molecule has 1 aliphatic heterocycles. The van der Waals surface area contributed by atoms with Gasteiger partial charge in [0.25, 0.3) is 0 Å². The van der Waals surface area contributed by atoms with E-state index in [4.69, 9.17) is 0 Å². The zero-order valence-electron chi connectivity index (χ0n) is 13.6. The number of piperazine rings is 1. The lowest BCUT2D eigenvalue weighted by molar-refractivity contribution is -0.132. The van der Waals surface area contributed by atoms with Crippen molar-refractivity contribution in [1.82, 2.24) is 15.5 Å². The highest BCUT2D eigenvalue weighted by molar-refractivity contribution is 5.85. The highest BCUT2D eigenvalue weighted by Gasteiger charge is 2.34. The van der Waals surface area contributed by atoms with Crippen LogP contribution < -0.4 is 10.6 Å². The molecule has 4 nitrogen and oxygen atoms in total. The topological polar surface area (TPSA) is 44.4 Å². The van der Waals surface area contributed by atoms with Crippen molar-refractivity contribution in [3.05, 3.63) is 0 Å². The van der Waals surface area contributed by atoms with Gasteiger partial charge in [0.2, 0.25) is 5.91 Å². The maximum Gasteiger partial charge on any atom is 0.239 e. The fourth-order valence-corrected chi connectivity index (χ4v) is 2.69. The average Bonchev–Trinajstić information content (AvgIpc) is 2.47. The number of carbonyl (C=O) groups excluding carboxylic acids is 1. The summed E-state index contributed by atoms with van der Waals surface area (Å²) < 4.78 is 0. The SMILES string of the molecule is CCCCCCCCNC(=O)C(C)(C)N1CCNCC1. The third-order valence-electron chi connectivity index (χ3n) is 4.28. The Hall–Kier alpha value is -0.610. The summed E-state index contributed by atoms with van der Waals surface area (Å²) in [5.74, 6) is 0.174. The molecule has 0 aromatic carbocycles. The fraction of sp³-hybridized carbons (Fsp3) is 0.938. The van der Waals surface area contributed by atoms with Crippen molar-refractivity contribution in [2.75, 3.05) is 32.7 Å². The largest absolute Gasteiger partial charge is 0.355 e. The second-order valence-corrected chi connectivity index (χ2v) is 6.32. The predicted octanol–water partition coefficient (Wildman–Crippen LogP) is 2.15. The predicted molar refractivity (Wildman–Crippen MR) is 84.9 cm³/mol. The number of carbonyl (C=O) groups is 1. The van der Waals surface area contributed by atoms with E-state index in [9.17, 15) is 4.79 Å². The molecular weight excluding hydrogens is 250 g/mol. The summed E-state index contributed by atoms with van der Waals surface area (Å²) in [5.41, 5.74) is -0.385. The van der Waals surface area contributed by atoms with E-state index in [0.29, 0.717) is 0 Å².